The Balaban J connectivity index is 1.45. The normalized spacial score (nSPS) is 10.6. The maximum Gasteiger partial charge on any atom is 0.253 e. The van der Waals surface area contributed by atoms with Crippen molar-refractivity contribution in [2.45, 2.75) is 33.4 Å². The number of ether oxygens (including phenoxy) is 1. The van der Waals surface area contributed by atoms with E-state index in [2.05, 4.69) is 20.6 Å². The van der Waals surface area contributed by atoms with Gasteiger partial charge in [-0.15, -0.1) is 10.2 Å². The maximum absolute atomic E-state index is 12.0. The van der Waals surface area contributed by atoms with Gasteiger partial charge in [0.05, 0.1) is 6.20 Å². The van der Waals surface area contributed by atoms with E-state index in [1.807, 2.05) is 13.1 Å². The minimum atomic E-state index is -0.0665. The molecule has 0 unspecified atom stereocenters. The molecule has 0 aliphatic carbocycles. The van der Waals surface area contributed by atoms with E-state index in [0.29, 0.717) is 36.2 Å². The van der Waals surface area contributed by atoms with Crippen molar-refractivity contribution in [2.24, 2.45) is 0 Å². The number of amides is 1. The van der Waals surface area contributed by atoms with Crippen LogP contribution in [0.5, 0.6) is 5.75 Å². The topological polar surface area (TPSA) is 95.1 Å². The van der Waals surface area contributed by atoms with E-state index in [4.69, 9.17) is 9.15 Å². The van der Waals surface area contributed by atoms with Gasteiger partial charge in [-0.1, -0.05) is 0 Å². The van der Waals surface area contributed by atoms with Crippen LogP contribution in [0.15, 0.2) is 41.1 Å². The fraction of sp³-hybridized carbons (Fsp3) is 0.294. The summed E-state index contributed by atoms with van der Waals surface area (Å²) in [7, 11) is 0. The van der Waals surface area contributed by atoms with E-state index in [1.165, 1.54) is 0 Å². The van der Waals surface area contributed by atoms with Crippen LogP contribution >= 0.6 is 0 Å². The van der Waals surface area contributed by atoms with E-state index in [9.17, 15) is 4.79 Å². The fourth-order valence-electron chi connectivity index (χ4n) is 2.20. The number of anilines is 1. The van der Waals surface area contributed by atoms with Gasteiger partial charge < -0.3 is 14.5 Å². The SMILES string of the molecule is Cc1cnn(CCC(=O)Nc2ccc(OCc3nnc(C)o3)cc2)c1. The second-order valence-electron chi connectivity index (χ2n) is 5.61. The highest BCUT2D eigenvalue weighted by Crippen LogP contribution is 2.17. The van der Waals surface area contributed by atoms with E-state index < -0.39 is 0 Å². The molecule has 0 atom stereocenters. The number of carbonyl (C=O) groups is 1. The zero-order valence-corrected chi connectivity index (χ0v) is 14.1. The lowest BCUT2D eigenvalue weighted by atomic mass is 10.3. The molecule has 1 N–H and O–H groups in total. The van der Waals surface area contributed by atoms with Gasteiger partial charge in [-0.25, -0.2) is 0 Å². The zero-order chi connectivity index (χ0) is 17.6. The molecule has 0 saturated carbocycles. The lowest BCUT2D eigenvalue weighted by molar-refractivity contribution is -0.116. The van der Waals surface area contributed by atoms with Gasteiger partial charge in [0.2, 0.25) is 11.8 Å². The van der Waals surface area contributed by atoms with Gasteiger partial charge >= 0.3 is 0 Å². The van der Waals surface area contributed by atoms with Gasteiger partial charge in [0.15, 0.2) is 6.61 Å². The summed E-state index contributed by atoms with van der Waals surface area (Å²) in [6.45, 7) is 4.44. The molecule has 1 aromatic carbocycles. The summed E-state index contributed by atoms with van der Waals surface area (Å²) < 4.78 is 12.5. The average molecular weight is 341 g/mol. The lowest BCUT2D eigenvalue weighted by Crippen LogP contribution is -2.14. The Kier molecular flexibility index (Phi) is 5.08. The Morgan fingerprint density at radius 2 is 2.04 bits per heavy atom. The molecule has 3 rings (SSSR count). The van der Waals surface area contributed by atoms with Gasteiger partial charge in [-0.2, -0.15) is 5.10 Å². The van der Waals surface area contributed by atoms with Crippen LogP contribution in [-0.4, -0.2) is 25.9 Å². The van der Waals surface area contributed by atoms with Crippen LogP contribution < -0.4 is 10.1 Å². The second kappa shape index (κ2) is 7.61. The molecule has 130 valence electrons. The largest absolute Gasteiger partial charge is 0.484 e. The molecule has 0 aliphatic heterocycles. The minimum Gasteiger partial charge on any atom is -0.484 e. The molecule has 1 amide bonds. The van der Waals surface area contributed by atoms with Crippen LogP contribution in [-0.2, 0) is 17.9 Å². The number of carbonyl (C=O) groups excluding carboxylic acids is 1. The van der Waals surface area contributed by atoms with Crippen molar-refractivity contribution in [3.05, 3.63) is 54.0 Å². The molecule has 2 aromatic heterocycles. The Morgan fingerprint density at radius 1 is 1.24 bits per heavy atom. The minimum absolute atomic E-state index is 0.0665. The van der Waals surface area contributed by atoms with E-state index in [1.54, 1.807) is 42.1 Å². The predicted octanol–water partition coefficient (Wildman–Crippen LogP) is 2.49. The van der Waals surface area contributed by atoms with Crippen LogP contribution in [0.2, 0.25) is 0 Å². The first-order valence-electron chi connectivity index (χ1n) is 7.89. The number of nitrogens with one attached hydrogen (secondary N) is 1. The Hall–Kier alpha value is -3.16. The molecule has 0 radical (unpaired) electrons. The highest BCUT2D eigenvalue weighted by atomic mass is 16.5. The molecule has 0 fully saturated rings. The van der Waals surface area contributed by atoms with E-state index in [0.717, 1.165) is 5.56 Å². The van der Waals surface area contributed by atoms with Crippen LogP contribution in [0.4, 0.5) is 5.69 Å². The van der Waals surface area contributed by atoms with E-state index >= 15 is 0 Å². The summed E-state index contributed by atoms with van der Waals surface area (Å²) in [6.07, 6.45) is 4.03. The Morgan fingerprint density at radius 3 is 2.68 bits per heavy atom. The number of aromatic nitrogens is 4. The highest BCUT2D eigenvalue weighted by molar-refractivity contribution is 5.90. The van der Waals surface area contributed by atoms with Crippen molar-refractivity contribution in [2.75, 3.05) is 5.32 Å². The summed E-state index contributed by atoms with van der Waals surface area (Å²) in [4.78, 5) is 12.0. The summed E-state index contributed by atoms with van der Waals surface area (Å²) in [5.41, 5.74) is 1.79. The van der Waals surface area contributed by atoms with Gasteiger partial charge in [0, 0.05) is 31.8 Å². The van der Waals surface area contributed by atoms with Crippen LogP contribution in [0, 0.1) is 13.8 Å². The Labute approximate surface area is 144 Å². The molecule has 8 heteroatoms. The number of rotatable bonds is 7. The van der Waals surface area contributed by atoms with Crippen LogP contribution in [0.25, 0.3) is 0 Å². The first-order chi connectivity index (χ1) is 12.1. The molecule has 2 heterocycles. The van der Waals surface area contributed by atoms with Crippen molar-refractivity contribution >= 4 is 11.6 Å². The smallest absolute Gasteiger partial charge is 0.253 e. The lowest BCUT2D eigenvalue weighted by Gasteiger charge is -2.07. The third kappa shape index (κ3) is 4.90. The molecule has 0 spiro atoms. The number of hydrogen-bond acceptors (Lipinski definition) is 6. The van der Waals surface area contributed by atoms with Crippen molar-refractivity contribution in [3.8, 4) is 5.75 Å². The van der Waals surface area contributed by atoms with Crippen LogP contribution in [0.1, 0.15) is 23.8 Å². The molecule has 3 aromatic rings. The zero-order valence-electron chi connectivity index (χ0n) is 14.1. The second-order valence-corrected chi connectivity index (χ2v) is 5.61. The average Bonchev–Trinajstić information content (AvgIpc) is 3.20. The fourth-order valence-corrected chi connectivity index (χ4v) is 2.20. The molecular weight excluding hydrogens is 322 g/mol. The number of benzene rings is 1. The van der Waals surface area contributed by atoms with Crippen molar-refractivity contribution < 1.29 is 13.9 Å². The van der Waals surface area contributed by atoms with Crippen LogP contribution in [0.3, 0.4) is 0 Å². The number of aryl methyl sites for hydroxylation is 3. The first-order valence-corrected chi connectivity index (χ1v) is 7.89. The Bertz CT molecular complexity index is 838. The molecule has 0 bridgehead atoms. The number of hydrogen-bond donors (Lipinski definition) is 1. The highest BCUT2D eigenvalue weighted by Gasteiger charge is 2.06. The van der Waals surface area contributed by atoms with Crippen molar-refractivity contribution in [3.63, 3.8) is 0 Å². The molecule has 0 aliphatic rings. The summed E-state index contributed by atoms with van der Waals surface area (Å²) in [5.74, 6) is 1.51. The van der Waals surface area contributed by atoms with Gasteiger partial charge in [-0.3, -0.25) is 9.48 Å². The third-order valence-electron chi connectivity index (χ3n) is 3.40. The van der Waals surface area contributed by atoms with Crippen molar-refractivity contribution in [1.29, 1.82) is 0 Å². The van der Waals surface area contributed by atoms with Crippen molar-refractivity contribution in [1.82, 2.24) is 20.0 Å². The summed E-state index contributed by atoms with van der Waals surface area (Å²) >= 11 is 0. The predicted molar refractivity (Wildman–Crippen MR) is 90.0 cm³/mol. The summed E-state index contributed by atoms with van der Waals surface area (Å²) in [5, 5.41) is 14.6. The van der Waals surface area contributed by atoms with Gasteiger partial charge in [0.1, 0.15) is 5.75 Å². The van der Waals surface area contributed by atoms with Gasteiger partial charge in [-0.05, 0) is 36.8 Å². The molecule has 25 heavy (non-hydrogen) atoms. The third-order valence-corrected chi connectivity index (χ3v) is 3.40. The first kappa shape index (κ1) is 16.7. The number of nitrogens with zero attached hydrogens (tertiary/aromatic N) is 4. The molecular formula is C17H19N5O3. The monoisotopic (exact) mass is 341 g/mol. The molecule has 0 saturated heterocycles. The maximum atomic E-state index is 12.0. The standard InChI is InChI=1S/C17H19N5O3/c1-12-9-18-22(10-12)8-7-16(23)19-14-3-5-15(6-4-14)24-11-17-21-20-13(2)25-17/h3-6,9-10H,7-8,11H2,1-2H3,(H,19,23). The quantitative estimate of drug-likeness (QED) is 0.709. The molecule has 8 nitrogen and oxygen atoms in total. The van der Waals surface area contributed by atoms with Gasteiger partial charge in [0.25, 0.3) is 5.89 Å². The van der Waals surface area contributed by atoms with E-state index in [-0.39, 0.29) is 12.5 Å². The summed E-state index contributed by atoms with van der Waals surface area (Å²) in [6, 6.07) is 7.11.